The summed E-state index contributed by atoms with van der Waals surface area (Å²) >= 11 is 6.84. The van der Waals surface area contributed by atoms with Gasteiger partial charge in [-0.25, -0.2) is 0 Å². The Morgan fingerprint density at radius 3 is 2.05 bits per heavy atom. The first kappa shape index (κ1) is 15.0. The van der Waals surface area contributed by atoms with Crippen molar-refractivity contribution in [3.8, 4) is 0 Å². The van der Waals surface area contributed by atoms with Crippen molar-refractivity contribution in [3.05, 3.63) is 32.7 Å². The van der Waals surface area contributed by atoms with Crippen molar-refractivity contribution in [3.63, 3.8) is 0 Å². The second-order valence-electron chi connectivity index (χ2n) is 5.17. The van der Waals surface area contributed by atoms with Crippen molar-refractivity contribution < 1.29 is 4.79 Å². The van der Waals surface area contributed by atoms with Crippen LogP contribution in [-0.4, -0.2) is 11.9 Å². The lowest BCUT2D eigenvalue weighted by atomic mass is 9.96. The molecule has 1 aliphatic rings. The first-order valence-electron chi connectivity index (χ1n) is 6.92. The number of hydrogen-bond acceptors (Lipinski definition) is 1. The highest BCUT2D eigenvalue weighted by molar-refractivity contribution is 9.11. The van der Waals surface area contributed by atoms with E-state index >= 15 is 0 Å². The Labute approximate surface area is 131 Å². The number of nitrogens with one attached hydrogen (secondary N) is 1. The Balaban J connectivity index is 1.98. The van der Waals surface area contributed by atoms with Crippen molar-refractivity contribution in [1.29, 1.82) is 0 Å². The van der Waals surface area contributed by atoms with Crippen LogP contribution in [0.3, 0.4) is 0 Å². The van der Waals surface area contributed by atoms with Gasteiger partial charge < -0.3 is 5.32 Å². The summed E-state index contributed by atoms with van der Waals surface area (Å²) in [6.07, 6.45) is 8.63. The van der Waals surface area contributed by atoms with Crippen LogP contribution < -0.4 is 5.32 Å². The van der Waals surface area contributed by atoms with Crippen LogP contribution in [0, 0.1) is 0 Å². The van der Waals surface area contributed by atoms with E-state index in [1.54, 1.807) is 0 Å². The quantitative estimate of drug-likeness (QED) is 0.754. The largest absolute Gasteiger partial charge is 0.349 e. The van der Waals surface area contributed by atoms with E-state index in [1.165, 1.54) is 32.1 Å². The van der Waals surface area contributed by atoms with E-state index in [1.807, 2.05) is 18.2 Å². The first-order chi connectivity index (χ1) is 9.15. The molecule has 19 heavy (non-hydrogen) atoms. The summed E-state index contributed by atoms with van der Waals surface area (Å²) in [4.78, 5) is 12.3. The topological polar surface area (TPSA) is 29.1 Å². The summed E-state index contributed by atoms with van der Waals surface area (Å²) < 4.78 is 1.84. The lowest BCUT2D eigenvalue weighted by Crippen LogP contribution is -2.35. The minimum atomic E-state index is 0.0348. The molecule has 0 aromatic heterocycles. The van der Waals surface area contributed by atoms with Crippen LogP contribution in [0.2, 0.25) is 0 Å². The van der Waals surface area contributed by atoms with Gasteiger partial charge >= 0.3 is 0 Å². The summed E-state index contributed by atoms with van der Waals surface area (Å²) in [6.45, 7) is 0. The van der Waals surface area contributed by atoms with Crippen LogP contribution >= 0.6 is 31.9 Å². The van der Waals surface area contributed by atoms with Crippen LogP contribution in [0.15, 0.2) is 27.1 Å². The first-order valence-corrected chi connectivity index (χ1v) is 8.51. The molecule has 0 aliphatic heterocycles. The van der Waals surface area contributed by atoms with Crippen molar-refractivity contribution in [1.82, 2.24) is 5.32 Å². The average molecular weight is 389 g/mol. The molecule has 0 radical (unpaired) electrons. The molecule has 0 saturated heterocycles. The molecule has 2 rings (SSSR count). The molecule has 1 aromatic carbocycles. The second kappa shape index (κ2) is 7.44. The number of carbonyl (C=O) groups excluding carboxylic acids is 1. The highest BCUT2D eigenvalue weighted by atomic mass is 79.9. The van der Waals surface area contributed by atoms with E-state index in [0.29, 0.717) is 11.6 Å². The van der Waals surface area contributed by atoms with Gasteiger partial charge in [0.15, 0.2) is 0 Å². The van der Waals surface area contributed by atoms with Crippen LogP contribution in [0.4, 0.5) is 0 Å². The number of halogens is 2. The minimum Gasteiger partial charge on any atom is -0.349 e. The summed E-state index contributed by atoms with van der Waals surface area (Å²) in [5.41, 5.74) is 0.711. The molecule has 1 saturated carbocycles. The number of benzene rings is 1. The van der Waals surface area contributed by atoms with E-state index < -0.39 is 0 Å². The van der Waals surface area contributed by atoms with Gasteiger partial charge in [0.25, 0.3) is 5.91 Å². The number of rotatable bonds is 2. The zero-order valence-electron chi connectivity index (χ0n) is 10.9. The average Bonchev–Trinajstić information content (AvgIpc) is 2.31. The Kier molecular flexibility index (Phi) is 5.89. The molecule has 1 aromatic rings. The molecule has 0 spiro atoms. The molecule has 2 nitrogen and oxygen atoms in total. The van der Waals surface area contributed by atoms with Crippen molar-refractivity contribution in [2.45, 2.75) is 51.0 Å². The molecule has 1 fully saturated rings. The van der Waals surface area contributed by atoms with Gasteiger partial charge in [-0.1, -0.05) is 64.0 Å². The number of carbonyl (C=O) groups is 1. The number of amides is 1. The van der Waals surface area contributed by atoms with E-state index in [0.717, 1.165) is 21.8 Å². The predicted octanol–water partition coefficient (Wildman–Crippen LogP) is 5.05. The molecule has 1 N–H and O–H groups in total. The predicted molar refractivity (Wildman–Crippen MR) is 85.4 cm³/mol. The van der Waals surface area contributed by atoms with Crippen LogP contribution in [0.5, 0.6) is 0 Å². The van der Waals surface area contributed by atoms with Crippen molar-refractivity contribution >= 4 is 37.8 Å². The summed E-state index contributed by atoms with van der Waals surface area (Å²) in [5.74, 6) is 0.0348. The fourth-order valence-corrected chi connectivity index (χ4v) is 3.85. The Morgan fingerprint density at radius 1 is 0.947 bits per heavy atom. The molecule has 0 heterocycles. The van der Waals surface area contributed by atoms with E-state index in [-0.39, 0.29) is 5.91 Å². The number of hydrogen-bond donors (Lipinski definition) is 1. The monoisotopic (exact) mass is 387 g/mol. The third kappa shape index (κ3) is 4.92. The van der Waals surface area contributed by atoms with E-state index in [2.05, 4.69) is 37.2 Å². The molecule has 4 heteroatoms. The maximum Gasteiger partial charge on any atom is 0.251 e. The summed E-state index contributed by atoms with van der Waals surface area (Å²) in [5, 5.41) is 3.18. The fraction of sp³-hybridized carbons (Fsp3) is 0.533. The normalized spacial score (nSPS) is 17.6. The molecule has 0 bridgehead atoms. The van der Waals surface area contributed by atoms with Crippen LogP contribution in [0.1, 0.15) is 55.3 Å². The molecule has 1 aliphatic carbocycles. The molecular weight excluding hydrogens is 370 g/mol. The molecule has 1 amide bonds. The van der Waals surface area contributed by atoms with E-state index in [9.17, 15) is 4.79 Å². The fourth-order valence-electron chi connectivity index (χ4n) is 2.55. The highest BCUT2D eigenvalue weighted by Crippen LogP contribution is 2.21. The highest BCUT2D eigenvalue weighted by Gasteiger charge is 2.15. The molecular formula is C15H19Br2NO. The van der Waals surface area contributed by atoms with Crippen LogP contribution in [0.25, 0.3) is 0 Å². The van der Waals surface area contributed by atoms with Crippen molar-refractivity contribution in [2.24, 2.45) is 0 Å². The Hall–Kier alpha value is -0.350. The van der Waals surface area contributed by atoms with Crippen molar-refractivity contribution in [2.75, 3.05) is 0 Å². The van der Waals surface area contributed by atoms with Gasteiger partial charge in [0.1, 0.15) is 0 Å². The van der Waals surface area contributed by atoms with Gasteiger partial charge in [-0.3, -0.25) is 4.79 Å². The lowest BCUT2D eigenvalue weighted by Gasteiger charge is -2.21. The maximum atomic E-state index is 12.3. The Morgan fingerprint density at radius 2 is 1.47 bits per heavy atom. The van der Waals surface area contributed by atoms with Gasteiger partial charge in [0.2, 0.25) is 0 Å². The Bertz CT molecular complexity index is 420. The molecule has 0 unspecified atom stereocenters. The van der Waals surface area contributed by atoms with Gasteiger partial charge in [-0.2, -0.15) is 0 Å². The standard InChI is InChI=1S/C15H19Br2NO/c16-12-8-11(9-13(17)10-12)15(19)18-14-6-4-2-1-3-5-7-14/h8-10,14H,1-7H2,(H,18,19). The maximum absolute atomic E-state index is 12.3. The van der Waals surface area contributed by atoms with Gasteiger partial charge in [0, 0.05) is 20.6 Å². The SMILES string of the molecule is O=C(NC1CCCCCCC1)c1cc(Br)cc(Br)c1. The third-order valence-corrected chi connectivity index (χ3v) is 4.48. The third-order valence-electron chi connectivity index (χ3n) is 3.57. The van der Waals surface area contributed by atoms with Gasteiger partial charge in [0.05, 0.1) is 0 Å². The smallest absolute Gasteiger partial charge is 0.251 e. The van der Waals surface area contributed by atoms with Gasteiger partial charge in [-0.05, 0) is 31.0 Å². The van der Waals surface area contributed by atoms with E-state index in [4.69, 9.17) is 0 Å². The zero-order chi connectivity index (χ0) is 13.7. The zero-order valence-corrected chi connectivity index (χ0v) is 14.1. The minimum absolute atomic E-state index is 0.0348. The summed E-state index contributed by atoms with van der Waals surface area (Å²) in [6, 6.07) is 6.00. The lowest BCUT2D eigenvalue weighted by molar-refractivity contribution is 0.0930. The molecule has 104 valence electrons. The van der Waals surface area contributed by atoms with Gasteiger partial charge in [-0.15, -0.1) is 0 Å². The summed E-state index contributed by atoms with van der Waals surface area (Å²) in [7, 11) is 0. The second-order valence-corrected chi connectivity index (χ2v) is 7.00. The van der Waals surface area contributed by atoms with Crippen LogP contribution in [-0.2, 0) is 0 Å². The molecule has 0 atom stereocenters.